The zero-order chi connectivity index (χ0) is 12.6. The molecule has 0 bridgehead atoms. The highest BCUT2D eigenvalue weighted by molar-refractivity contribution is 7.17. The van der Waals surface area contributed by atoms with E-state index < -0.39 is 0 Å². The van der Waals surface area contributed by atoms with Gasteiger partial charge in [0.2, 0.25) is 0 Å². The third-order valence-corrected chi connectivity index (χ3v) is 4.98. The van der Waals surface area contributed by atoms with Gasteiger partial charge in [-0.1, -0.05) is 32.0 Å². The minimum atomic E-state index is 0.512. The van der Waals surface area contributed by atoms with Crippen LogP contribution in [0.15, 0.2) is 29.6 Å². The number of nitrogens with one attached hydrogen (secondary N) is 1. The topological polar surface area (TPSA) is 12.0 Å². The molecule has 0 aliphatic carbocycles. The van der Waals surface area contributed by atoms with Crippen LogP contribution in [0.25, 0.3) is 10.1 Å². The predicted molar refractivity (Wildman–Crippen MR) is 80.3 cm³/mol. The number of rotatable bonds is 4. The summed E-state index contributed by atoms with van der Waals surface area (Å²) in [5.74, 6) is 0.789. The summed E-state index contributed by atoms with van der Waals surface area (Å²) >= 11 is 1.89. The predicted octanol–water partition coefficient (Wildman–Crippen LogP) is 4.08. The maximum atomic E-state index is 3.47. The normalized spacial score (nSPS) is 18.2. The van der Waals surface area contributed by atoms with Gasteiger partial charge in [-0.25, -0.2) is 0 Å². The SMILES string of the molecule is CC(C)CC1(Cc2csc3ccccc23)CNC1. The molecule has 2 heterocycles. The first-order valence-corrected chi connectivity index (χ1v) is 7.72. The van der Waals surface area contributed by atoms with E-state index in [9.17, 15) is 0 Å². The van der Waals surface area contributed by atoms with Crippen molar-refractivity contribution in [1.29, 1.82) is 0 Å². The van der Waals surface area contributed by atoms with E-state index >= 15 is 0 Å². The summed E-state index contributed by atoms with van der Waals surface area (Å²) in [7, 11) is 0. The van der Waals surface area contributed by atoms with Gasteiger partial charge in [-0.05, 0) is 46.6 Å². The van der Waals surface area contributed by atoms with E-state index in [1.54, 1.807) is 5.56 Å². The second kappa shape index (κ2) is 4.67. The van der Waals surface area contributed by atoms with Crippen LogP contribution in [-0.4, -0.2) is 13.1 Å². The molecule has 1 aliphatic heterocycles. The molecule has 0 saturated carbocycles. The van der Waals surface area contributed by atoms with Gasteiger partial charge >= 0.3 is 0 Å². The molecule has 1 aromatic carbocycles. The molecule has 18 heavy (non-hydrogen) atoms. The molecule has 1 N–H and O–H groups in total. The van der Waals surface area contributed by atoms with E-state index in [0.29, 0.717) is 5.41 Å². The van der Waals surface area contributed by atoms with Crippen molar-refractivity contribution in [1.82, 2.24) is 5.32 Å². The van der Waals surface area contributed by atoms with E-state index in [1.165, 1.54) is 36.0 Å². The Kier molecular flexibility index (Phi) is 3.16. The summed E-state index contributed by atoms with van der Waals surface area (Å²) < 4.78 is 1.43. The number of fused-ring (bicyclic) bond motifs is 1. The molecule has 0 spiro atoms. The van der Waals surface area contributed by atoms with Gasteiger partial charge in [0.05, 0.1) is 0 Å². The molecule has 0 unspecified atom stereocenters. The first kappa shape index (κ1) is 12.2. The number of hydrogen-bond acceptors (Lipinski definition) is 2. The minimum Gasteiger partial charge on any atom is -0.316 e. The molecular formula is C16H21NS. The molecule has 96 valence electrons. The van der Waals surface area contributed by atoms with Crippen LogP contribution < -0.4 is 5.32 Å². The lowest BCUT2D eigenvalue weighted by molar-refractivity contribution is 0.131. The highest BCUT2D eigenvalue weighted by Gasteiger charge is 2.37. The summed E-state index contributed by atoms with van der Waals surface area (Å²) in [5, 5.41) is 7.31. The van der Waals surface area contributed by atoms with Gasteiger partial charge in [0.1, 0.15) is 0 Å². The molecule has 2 heteroatoms. The van der Waals surface area contributed by atoms with Crippen molar-refractivity contribution in [3.8, 4) is 0 Å². The average molecular weight is 259 g/mol. The zero-order valence-corrected chi connectivity index (χ0v) is 12.0. The maximum absolute atomic E-state index is 3.47. The van der Waals surface area contributed by atoms with Crippen molar-refractivity contribution < 1.29 is 0 Å². The van der Waals surface area contributed by atoms with Crippen LogP contribution in [0.3, 0.4) is 0 Å². The van der Waals surface area contributed by atoms with Crippen LogP contribution in [0, 0.1) is 11.3 Å². The molecule has 1 nitrogen and oxygen atoms in total. The number of benzene rings is 1. The molecule has 0 atom stereocenters. The maximum Gasteiger partial charge on any atom is 0.0345 e. The summed E-state index contributed by atoms with van der Waals surface area (Å²) in [6.45, 7) is 7.06. The van der Waals surface area contributed by atoms with E-state index in [0.717, 1.165) is 5.92 Å². The zero-order valence-electron chi connectivity index (χ0n) is 11.2. The van der Waals surface area contributed by atoms with Gasteiger partial charge in [0.25, 0.3) is 0 Å². The fourth-order valence-corrected chi connectivity index (χ4v) is 4.22. The molecule has 1 fully saturated rings. The summed E-state index contributed by atoms with van der Waals surface area (Å²) in [5.41, 5.74) is 2.07. The minimum absolute atomic E-state index is 0.512. The Morgan fingerprint density at radius 3 is 2.72 bits per heavy atom. The average Bonchev–Trinajstić information content (AvgIpc) is 2.69. The Bertz CT molecular complexity index is 537. The van der Waals surface area contributed by atoms with E-state index in [-0.39, 0.29) is 0 Å². The van der Waals surface area contributed by atoms with Gasteiger partial charge in [-0.3, -0.25) is 0 Å². The first-order chi connectivity index (χ1) is 8.69. The van der Waals surface area contributed by atoms with Crippen LogP contribution in [0.5, 0.6) is 0 Å². The monoisotopic (exact) mass is 259 g/mol. The van der Waals surface area contributed by atoms with Crippen molar-refractivity contribution in [2.24, 2.45) is 11.3 Å². The lowest BCUT2D eigenvalue weighted by Gasteiger charge is -2.44. The Morgan fingerprint density at radius 1 is 1.28 bits per heavy atom. The van der Waals surface area contributed by atoms with Gasteiger partial charge in [0, 0.05) is 17.8 Å². The van der Waals surface area contributed by atoms with Crippen LogP contribution in [0.4, 0.5) is 0 Å². The molecule has 1 saturated heterocycles. The Hall–Kier alpha value is -0.860. The van der Waals surface area contributed by atoms with Crippen molar-refractivity contribution >= 4 is 21.4 Å². The van der Waals surface area contributed by atoms with E-state index in [1.807, 2.05) is 11.3 Å². The van der Waals surface area contributed by atoms with E-state index in [2.05, 4.69) is 48.8 Å². The number of hydrogen-bond donors (Lipinski definition) is 1. The van der Waals surface area contributed by atoms with Gasteiger partial charge in [-0.15, -0.1) is 11.3 Å². The first-order valence-electron chi connectivity index (χ1n) is 6.84. The lowest BCUT2D eigenvalue weighted by atomic mass is 9.71. The molecule has 0 amide bonds. The third kappa shape index (κ3) is 2.19. The highest BCUT2D eigenvalue weighted by atomic mass is 32.1. The summed E-state index contributed by atoms with van der Waals surface area (Å²) in [6.07, 6.45) is 2.58. The molecule has 1 aromatic heterocycles. The third-order valence-electron chi connectivity index (χ3n) is 3.97. The molecule has 1 aliphatic rings. The largest absolute Gasteiger partial charge is 0.316 e. The molecule has 2 aromatic rings. The van der Waals surface area contributed by atoms with Crippen molar-refractivity contribution in [2.45, 2.75) is 26.7 Å². The van der Waals surface area contributed by atoms with Gasteiger partial charge in [-0.2, -0.15) is 0 Å². The van der Waals surface area contributed by atoms with Crippen LogP contribution in [0.2, 0.25) is 0 Å². The summed E-state index contributed by atoms with van der Waals surface area (Å²) in [4.78, 5) is 0. The Labute approximate surface area is 113 Å². The van der Waals surface area contributed by atoms with Crippen LogP contribution in [-0.2, 0) is 6.42 Å². The van der Waals surface area contributed by atoms with Gasteiger partial charge < -0.3 is 5.32 Å². The summed E-state index contributed by atoms with van der Waals surface area (Å²) in [6, 6.07) is 8.80. The molecule has 0 radical (unpaired) electrons. The van der Waals surface area contributed by atoms with Crippen molar-refractivity contribution in [3.05, 3.63) is 35.2 Å². The lowest BCUT2D eigenvalue weighted by Crippen LogP contribution is -2.55. The molecular weight excluding hydrogens is 238 g/mol. The standard InChI is InChI=1S/C16H21NS/c1-12(2)7-16(10-17-11-16)8-13-9-18-15-6-4-3-5-14(13)15/h3-6,9,12,17H,7-8,10-11H2,1-2H3. The second-order valence-corrected chi connectivity index (χ2v) is 7.05. The smallest absolute Gasteiger partial charge is 0.0345 e. The molecule has 3 rings (SSSR count). The van der Waals surface area contributed by atoms with Crippen molar-refractivity contribution in [3.63, 3.8) is 0 Å². The second-order valence-electron chi connectivity index (χ2n) is 6.14. The number of thiophene rings is 1. The fourth-order valence-electron chi connectivity index (χ4n) is 3.26. The fraction of sp³-hybridized carbons (Fsp3) is 0.500. The quantitative estimate of drug-likeness (QED) is 0.872. The highest BCUT2D eigenvalue weighted by Crippen LogP contribution is 2.38. The Balaban J connectivity index is 1.87. The van der Waals surface area contributed by atoms with E-state index in [4.69, 9.17) is 0 Å². The van der Waals surface area contributed by atoms with Gasteiger partial charge in [0.15, 0.2) is 0 Å². The van der Waals surface area contributed by atoms with Crippen LogP contribution in [0.1, 0.15) is 25.8 Å². The Morgan fingerprint density at radius 2 is 2.06 bits per heavy atom. The van der Waals surface area contributed by atoms with Crippen LogP contribution >= 0.6 is 11.3 Å². The van der Waals surface area contributed by atoms with Crippen molar-refractivity contribution in [2.75, 3.05) is 13.1 Å².